The lowest BCUT2D eigenvalue weighted by Gasteiger charge is -2.19. The summed E-state index contributed by atoms with van der Waals surface area (Å²) in [4.78, 5) is 1.13. The summed E-state index contributed by atoms with van der Waals surface area (Å²) in [5.74, 6) is -1.01. The highest BCUT2D eigenvalue weighted by atomic mass is 79.9. The van der Waals surface area contributed by atoms with E-state index in [2.05, 4.69) is 21.2 Å². The quantitative estimate of drug-likeness (QED) is 0.741. The van der Waals surface area contributed by atoms with Crippen LogP contribution in [-0.2, 0) is 6.42 Å². The van der Waals surface area contributed by atoms with Crippen molar-refractivity contribution in [2.45, 2.75) is 26.3 Å². The van der Waals surface area contributed by atoms with E-state index in [0.717, 1.165) is 17.0 Å². The molecule has 0 saturated heterocycles. The second kappa shape index (κ2) is 6.78. The standard InChI is InChI=1S/C15H16BrF2NS/c1-3-19-13(15-9(2)6-7-20-15)8-10-12(17)5-4-11(16)14(10)18/h4-7,13,19H,3,8H2,1-2H3. The Bertz CT molecular complexity index is 598. The van der Waals surface area contributed by atoms with Crippen LogP contribution in [0.15, 0.2) is 28.1 Å². The second-order valence-electron chi connectivity index (χ2n) is 4.60. The summed E-state index contributed by atoms with van der Waals surface area (Å²) in [5, 5.41) is 5.31. The maximum Gasteiger partial charge on any atom is 0.143 e. The van der Waals surface area contributed by atoms with E-state index < -0.39 is 11.6 Å². The molecule has 1 heterocycles. The molecule has 0 spiro atoms. The lowest BCUT2D eigenvalue weighted by molar-refractivity contribution is 0.500. The Kier molecular flexibility index (Phi) is 5.29. The number of hydrogen-bond donors (Lipinski definition) is 1. The van der Waals surface area contributed by atoms with E-state index in [0.29, 0.717) is 10.9 Å². The molecule has 0 aliphatic heterocycles. The van der Waals surface area contributed by atoms with Crippen molar-refractivity contribution in [3.63, 3.8) is 0 Å². The number of halogens is 3. The summed E-state index contributed by atoms with van der Waals surface area (Å²) >= 11 is 4.73. The Hall–Kier alpha value is -0.780. The predicted octanol–water partition coefficient (Wildman–Crippen LogP) is 4.99. The highest BCUT2D eigenvalue weighted by Gasteiger charge is 2.20. The zero-order valence-corrected chi connectivity index (χ0v) is 13.7. The van der Waals surface area contributed by atoms with Crippen LogP contribution >= 0.6 is 27.3 Å². The highest BCUT2D eigenvalue weighted by molar-refractivity contribution is 9.10. The largest absolute Gasteiger partial charge is 0.309 e. The van der Waals surface area contributed by atoms with Gasteiger partial charge in [-0.15, -0.1) is 11.3 Å². The van der Waals surface area contributed by atoms with Crippen LogP contribution in [-0.4, -0.2) is 6.54 Å². The van der Waals surface area contributed by atoms with E-state index in [4.69, 9.17) is 0 Å². The van der Waals surface area contributed by atoms with Gasteiger partial charge in [0, 0.05) is 16.5 Å². The van der Waals surface area contributed by atoms with Crippen molar-refractivity contribution in [3.8, 4) is 0 Å². The summed E-state index contributed by atoms with van der Waals surface area (Å²) in [6, 6.07) is 4.65. The van der Waals surface area contributed by atoms with E-state index in [1.165, 1.54) is 12.1 Å². The molecule has 108 valence electrons. The van der Waals surface area contributed by atoms with Crippen LogP contribution in [0.25, 0.3) is 0 Å². The molecule has 1 aromatic heterocycles. The summed E-state index contributed by atoms with van der Waals surface area (Å²) in [6.45, 7) is 4.76. The molecule has 0 aliphatic rings. The molecule has 1 aromatic carbocycles. The van der Waals surface area contributed by atoms with Crippen molar-refractivity contribution >= 4 is 27.3 Å². The number of likely N-dealkylation sites (N-methyl/N-ethyl adjacent to an activating group) is 1. The average Bonchev–Trinajstić information content (AvgIpc) is 2.84. The third kappa shape index (κ3) is 3.27. The van der Waals surface area contributed by atoms with E-state index in [1.54, 1.807) is 11.3 Å². The summed E-state index contributed by atoms with van der Waals surface area (Å²) < 4.78 is 28.3. The fourth-order valence-corrected chi connectivity index (χ4v) is 3.58. The fourth-order valence-electron chi connectivity index (χ4n) is 2.21. The van der Waals surface area contributed by atoms with Gasteiger partial charge >= 0.3 is 0 Å². The van der Waals surface area contributed by atoms with Gasteiger partial charge in [-0.3, -0.25) is 0 Å². The maximum absolute atomic E-state index is 14.1. The van der Waals surface area contributed by atoms with Gasteiger partial charge in [0.1, 0.15) is 11.6 Å². The summed E-state index contributed by atoms with van der Waals surface area (Å²) in [7, 11) is 0. The third-order valence-corrected chi connectivity index (χ3v) is 4.96. The van der Waals surface area contributed by atoms with Crippen LogP contribution in [0.2, 0.25) is 0 Å². The van der Waals surface area contributed by atoms with Gasteiger partial charge in [-0.25, -0.2) is 8.78 Å². The van der Waals surface area contributed by atoms with Gasteiger partial charge in [0.2, 0.25) is 0 Å². The zero-order chi connectivity index (χ0) is 14.7. The van der Waals surface area contributed by atoms with Crippen LogP contribution in [0.4, 0.5) is 8.78 Å². The molecule has 1 nitrogen and oxygen atoms in total. The summed E-state index contributed by atoms with van der Waals surface area (Å²) in [5.41, 5.74) is 1.27. The third-order valence-electron chi connectivity index (χ3n) is 3.22. The Balaban J connectivity index is 2.34. The fraction of sp³-hybridized carbons (Fsp3) is 0.333. The van der Waals surface area contributed by atoms with Gasteiger partial charge in [-0.1, -0.05) is 6.92 Å². The minimum Gasteiger partial charge on any atom is -0.309 e. The first-order valence-electron chi connectivity index (χ1n) is 6.44. The number of hydrogen-bond acceptors (Lipinski definition) is 2. The number of nitrogens with one attached hydrogen (secondary N) is 1. The number of benzene rings is 1. The van der Waals surface area contributed by atoms with Gasteiger partial charge in [-0.05, 0) is 65.0 Å². The molecule has 0 fully saturated rings. The van der Waals surface area contributed by atoms with Gasteiger partial charge in [0.15, 0.2) is 0 Å². The molecule has 0 radical (unpaired) electrons. The smallest absolute Gasteiger partial charge is 0.143 e. The maximum atomic E-state index is 14.1. The van der Waals surface area contributed by atoms with Crippen LogP contribution < -0.4 is 5.32 Å². The minimum atomic E-state index is -0.512. The SMILES string of the molecule is CCNC(Cc1c(F)ccc(Br)c1F)c1sccc1C. The molecule has 2 aromatic rings. The van der Waals surface area contributed by atoms with E-state index in [1.807, 2.05) is 25.3 Å². The molecule has 0 amide bonds. The van der Waals surface area contributed by atoms with Gasteiger partial charge < -0.3 is 5.32 Å². The molecule has 0 aliphatic carbocycles. The molecular formula is C15H16BrF2NS. The van der Waals surface area contributed by atoms with Crippen molar-refractivity contribution in [1.29, 1.82) is 0 Å². The van der Waals surface area contributed by atoms with Gasteiger partial charge in [0.25, 0.3) is 0 Å². The lowest BCUT2D eigenvalue weighted by atomic mass is 10.0. The molecule has 1 atom stereocenters. The Labute approximate surface area is 130 Å². The van der Waals surface area contributed by atoms with E-state index >= 15 is 0 Å². The Morgan fingerprint density at radius 2 is 2.05 bits per heavy atom. The topological polar surface area (TPSA) is 12.0 Å². The average molecular weight is 360 g/mol. The molecule has 5 heteroatoms. The van der Waals surface area contributed by atoms with Crippen molar-refractivity contribution < 1.29 is 8.78 Å². The Morgan fingerprint density at radius 1 is 1.30 bits per heavy atom. The highest BCUT2D eigenvalue weighted by Crippen LogP contribution is 2.30. The first-order valence-corrected chi connectivity index (χ1v) is 8.11. The lowest BCUT2D eigenvalue weighted by Crippen LogP contribution is -2.23. The number of thiophene rings is 1. The number of aryl methyl sites for hydroxylation is 1. The van der Waals surface area contributed by atoms with E-state index in [9.17, 15) is 8.78 Å². The minimum absolute atomic E-state index is 0.0710. The van der Waals surface area contributed by atoms with E-state index in [-0.39, 0.29) is 11.6 Å². The molecular weight excluding hydrogens is 344 g/mol. The van der Waals surface area contributed by atoms with Crippen molar-refractivity contribution in [3.05, 3.63) is 55.7 Å². The normalized spacial score (nSPS) is 12.7. The molecule has 20 heavy (non-hydrogen) atoms. The van der Waals surface area contributed by atoms with Crippen molar-refractivity contribution in [1.82, 2.24) is 5.32 Å². The van der Waals surface area contributed by atoms with Crippen molar-refractivity contribution in [2.75, 3.05) is 6.54 Å². The van der Waals surface area contributed by atoms with Crippen LogP contribution in [0.3, 0.4) is 0 Å². The van der Waals surface area contributed by atoms with Crippen LogP contribution in [0.5, 0.6) is 0 Å². The zero-order valence-electron chi connectivity index (χ0n) is 11.3. The molecule has 0 saturated carbocycles. The molecule has 0 bridgehead atoms. The molecule has 1 unspecified atom stereocenters. The predicted molar refractivity (Wildman–Crippen MR) is 83.2 cm³/mol. The van der Waals surface area contributed by atoms with Crippen LogP contribution in [0.1, 0.15) is 29.0 Å². The Morgan fingerprint density at radius 3 is 2.65 bits per heavy atom. The van der Waals surface area contributed by atoms with Crippen LogP contribution in [0, 0.1) is 18.6 Å². The first kappa shape index (κ1) is 15.6. The van der Waals surface area contributed by atoms with Gasteiger partial charge in [0.05, 0.1) is 4.47 Å². The van der Waals surface area contributed by atoms with Gasteiger partial charge in [-0.2, -0.15) is 0 Å². The number of rotatable bonds is 5. The second-order valence-corrected chi connectivity index (χ2v) is 6.41. The summed E-state index contributed by atoms with van der Waals surface area (Å²) in [6.07, 6.45) is 0.298. The molecule has 1 N–H and O–H groups in total. The monoisotopic (exact) mass is 359 g/mol. The van der Waals surface area contributed by atoms with Crippen molar-refractivity contribution in [2.24, 2.45) is 0 Å². The first-order chi connectivity index (χ1) is 9.54. The molecule has 2 rings (SSSR count).